The predicted molar refractivity (Wildman–Crippen MR) is 79.3 cm³/mol. The number of carbonyl (C=O) groups is 2. The number of fused-ring (bicyclic) bond motifs is 1. The van der Waals surface area contributed by atoms with Gasteiger partial charge in [-0.2, -0.15) is 0 Å². The molecule has 116 valence electrons. The molecular formula is C15H14N6O2. The van der Waals surface area contributed by atoms with Crippen LogP contribution in [0.3, 0.4) is 0 Å². The number of anilines is 1. The summed E-state index contributed by atoms with van der Waals surface area (Å²) in [5.74, 6) is -0.187. The molecule has 8 nitrogen and oxygen atoms in total. The zero-order chi connectivity index (χ0) is 15.8. The van der Waals surface area contributed by atoms with E-state index in [-0.39, 0.29) is 23.7 Å². The molecule has 4 heterocycles. The molecule has 0 aliphatic carbocycles. The molecule has 4 rings (SSSR count). The Balaban J connectivity index is 1.49. The first-order chi connectivity index (χ1) is 11.2. The maximum absolute atomic E-state index is 12.6. The average Bonchev–Trinajstić information content (AvgIpc) is 3.16. The minimum absolute atomic E-state index is 0.0271. The van der Waals surface area contributed by atoms with Gasteiger partial charge in [0, 0.05) is 37.9 Å². The molecule has 8 heteroatoms. The highest BCUT2D eigenvalue weighted by Crippen LogP contribution is 2.35. The number of rotatable bonds is 2. The monoisotopic (exact) mass is 310 g/mol. The second kappa shape index (κ2) is 5.38. The summed E-state index contributed by atoms with van der Waals surface area (Å²) in [6.45, 7) is 1.56. The van der Waals surface area contributed by atoms with Crippen molar-refractivity contribution in [1.82, 2.24) is 24.8 Å². The maximum atomic E-state index is 12.6. The van der Waals surface area contributed by atoms with Crippen LogP contribution in [-0.4, -0.2) is 56.3 Å². The van der Waals surface area contributed by atoms with E-state index in [1.807, 2.05) is 0 Å². The molecule has 2 aliphatic rings. The lowest BCUT2D eigenvalue weighted by molar-refractivity contribution is -0.120. The summed E-state index contributed by atoms with van der Waals surface area (Å²) in [7, 11) is 0. The lowest BCUT2D eigenvalue weighted by atomic mass is 10.0. The van der Waals surface area contributed by atoms with Gasteiger partial charge in [0.2, 0.25) is 5.91 Å². The number of hydrogen-bond donors (Lipinski definition) is 0. The molecular weight excluding hydrogens is 296 g/mol. The highest BCUT2D eigenvalue weighted by Gasteiger charge is 2.48. The molecule has 0 unspecified atom stereocenters. The molecule has 0 saturated carbocycles. The van der Waals surface area contributed by atoms with E-state index < -0.39 is 0 Å². The second-order valence-corrected chi connectivity index (χ2v) is 5.71. The summed E-state index contributed by atoms with van der Waals surface area (Å²) in [6.07, 6.45) is 9.17. The van der Waals surface area contributed by atoms with Crippen LogP contribution >= 0.6 is 0 Å². The van der Waals surface area contributed by atoms with Gasteiger partial charge in [-0.3, -0.25) is 14.6 Å². The first kappa shape index (κ1) is 13.7. The van der Waals surface area contributed by atoms with Gasteiger partial charge in [-0.15, -0.1) is 0 Å². The van der Waals surface area contributed by atoms with Crippen LogP contribution in [0.15, 0.2) is 37.3 Å². The van der Waals surface area contributed by atoms with E-state index in [1.165, 1.54) is 24.9 Å². The maximum Gasteiger partial charge on any atom is 0.274 e. The third kappa shape index (κ3) is 2.32. The van der Waals surface area contributed by atoms with Crippen LogP contribution in [0.25, 0.3) is 0 Å². The van der Waals surface area contributed by atoms with E-state index >= 15 is 0 Å². The zero-order valence-electron chi connectivity index (χ0n) is 12.2. The minimum atomic E-state index is -0.171. The van der Waals surface area contributed by atoms with E-state index in [4.69, 9.17) is 0 Å². The molecule has 0 spiro atoms. The summed E-state index contributed by atoms with van der Waals surface area (Å²) in [6, 6.07) is 0. The number of likely N-dealkylation sites (tertiary alicyclic amines) is 1. The van der Waals surface area contributed by atoms with Crippen molar-refractivity contribution in [2.75, 3.05) is 24.5 Å². The Kier molecular flexibility index (Phi) is 3.22. The smallest absolute Gasteiger partial charge is 0.274 e. The average molecular weight is 310 g/mol. The van der Waals surface area contributed by atoms with Gasteiger partial charge in [-0.1, -0.05) is 0 Å². The highest BCUT2D eigenvalue weighted by molar-refractivity contribution is 5.99. The lowest BCUT2D eigenvalue weighted by Gasteiger charge is -2.21. The fraction of sp³-hybridized carbons (Fsp3) is 0.333. The molecule has 0 bridgehead atoms. The van der Waals surface area contributed by atoms with Crippen LogP contribution in [0.4, 0.5) is 5.69 Å². The topological polar surface area (TPSA) is 92.2 Å². The quantitative estimate of drug-likeness (QED) is 0.775. The van der Waals surface area contributed by atoms with Crippen LogP contribution in [0.1, 0.15) is 10.5 Å². The third-order valence-corrected chi connectivity index (χ3v) is 4.37. The number of aromatic nitrogens is 4. The first-order valence-corrected chi connectivity index (χ1v) is 7.35. The number of carbonyl (C=O) groups excluding carboxylic acids is 2. The first-order valence-electron chi connectivity index (χ1n) is 7.35. The second-order valence-electron chi connectivity index (χ2n) is 5.71. The highest BCUT2D eigenvalue weighted by atomic mass is 16.2. The Morgan fingerprint density at radius 2 is 1.87 bits per heavy atom. The van der Waals surface area contributed by atoms with Gasteiger partial charge in [0.1, 0.15) is 12.0 Å². The molecule has 0 N–H and O–H groups in total. The molecule has 0 aromatic carbocycles. The fourth-order valence-corrected chi connectivity index (χ4v) is 3.26. The summed E-state index contributed by atoms with van der Waals surface area (Å²) < 4.78 is 0. The van der Waals surface area contributed by atoms with Crippen molar-refractivity contribution in [3.8, 4) is 0 Å². The van der Waals surface area contributed by atoms with Crippen molar-refractivity contribution in [3.63, 3.8) is 0 Å². The van der Waals surface area contributed by atoms with Crippen LogP contribution in [0.5, 0.6) is 0 Å². The molecule has 0 radical (unpaired) electrons. The Bertz CT molecular complexity index is 738. The minimum Gasteiger partial charge on any atom is -0.336 e. The van der Waals surface area contributed by atoms with Crippen LogP contribution in [0, 0.1) is 11.8 Å². The Hall–Kier alpha value is -2.90. The van der Waals surface area contributed by atoms with Crippen LogP contribution < -0.4 is 4.90 Å². The van der Waals surface area contributed by atoms with Crippen molar-refractivity contribution in [3.05, 3.63) is 43.0 Å². The van der Waals surface area contributed by atoms with E-state index in [1.54, 1.807) is 22.2 Å². The third-order valence-electron chi connectivity index (χ3n) is 4.37. The molecule has 2 aromatic heterocycles. The Labute approximate surface area is 132 Å². The lowest BCUT2D eigenvalue weighted by Crippen LogP contribution is -2.36. The predicted octanol–water partition coefficient (Wildman–Crippen LogP) is 0.00160. The van der Waals surface area contributed by atoms with Crippen molar-refractivity contribution >= 4 is 17.5 Å². The molecule has 2 atom stereocenters. The standard InChI is InChI=1S/C15H14N6O2/c22-14-12-8-20(15(23)13-5-16-1-2-19-13)6-10(12)7-21(14)11-3-17-9-18-4-11/h1-5,9-10,12H,6-8H2/t10-,12-/m1/s1. The number of nitrogens with zero attached hydrogens (tertiary/aromatic N) is 6. The van der Waals surface area contributed by atoms with Gasteiger partial charge in [0.25, 0.3) is 5.91 Å². The summed E-state index contributed by atoms with van der Waals surface area (Å²) >= 11 is 0. The van der Waals surface area contributed by atoms with Gasteiger partial charge in [-0.05, 0) is 0 Å². The Morgan fingerprint density at radius 1 is 1.04 bits per heavy atom. The van der Waals surface area contributed by atoms with Crippen molar-refractivity contribution in [1.29, 1.82) is 0 Å². The fourth-order valence-electron chi connectivity index (χ4n) is 3.26. The van der Waals surface area contributed by atoms with E-state index in [0.717, 1.165) is 0 Å². The SMILES string of the molecule is O=C(c1cnccn1)N1C[C@@H]2CN(c3cncnc3)C(=O)[C@@H]2C1. The number of hydrogen-bond acceptors (Lipinski definition) is 6. The van der Waals surface area contributed by atoms with E-state index in [0.29, 0.717) is 31.0 Å². The Morgan fingerprint density at radius 3 is 2.57 bits per heavy atom. The molecule has 2 saturated heterocycles. The van der Waals surface area contributed by atoms with Crippen LogP contribution in [0.2, 0.25) is 0 Å². The molecule has 2 aromatic rings. The summed E-state index contributed by atoms with van der Waals surface area (Å²) in [5.41, 5.74) is 1.02. The van der Waals surface area contributed by atoms with Crippen molar-refractivity contribution in [2.24, 2.45) is 11.8 Å². The van der Waals surface area contributed by atoms with Gasteiger partial charge in [-0.25, -0.2) is 15.0 Å². The summed E-state index contributed by atoms with van der Waals surface area (Å²) in [5, 5.41) is 0. The molecule has 23 heavy (non-hydrogen) atoms. The van der Waals surface area contributed by atoms with Gasteiger partial charge >= 0.3 is 0 Å². The van der Waals surface area contributed by atoms with Gasteiger partial charge < -0.3 is 9.80 Å². The molecule has 2 fully saturated rings. The normalized spacial score (nSPS) is 23.2. The molecule has 2 aliphatic heterocycles. The van der Waals surface area contributed by atoms with E-state index in [9.17, 15) is 9.59 Å². The molecule has 2 amide bonds. The number of amides is 2. The van der Waals surface area contributed by atoms with E-state index in [2.05, 4.69) is 19.9 Å². The van der Waals surface area contributed by atoms with Crippen molar-refractivity contribution in [2.45, 2.75) is 0 Å². The largest absolute Gasteiger partial charge is 0.336 e. The van der Waals surface area contributed by atoms with Gasteiger partial charge in [0.15, 0.2) is 0 Å². The van der Waals surface area contributed by atoms with Gasteiger partial charge in [0.05, 0.1) is 30.2 Å². The summed E-state index contributed by atoms with van der Waals surface area (Å²) in [4.78, 5) is 44.3. The zero-order valence-corrected chi connectivity index (χ0v) is 12.2. The van der Waals surface area contributed by atoms with Crippen molar-refractivity contribution < 1.29 is 9.59 Å². The van der Waals surface area contributed by atoms with Crippen LogP contribution in [-0.2, 0) is 4.79 Å².